The molecule has 1 rings (SSSR count). The molecule has 1 aromatic carbocycles. The summed E-state index contributed by atoms with van der Waals surface area (Å²) in [5, 5.41) is 12.7. The van der Waals surface area contributed by atoms with E-state index in [1.165, 1.54) is 31.4 Å². The number of rotatable bonds is 3. The van der Waals surface area contributed by atoms with E-state index >= 15 is 0 Å². The molecular weight excluding hydrogens is 202 g/mol. The lowest BCUT2D eigenvalue weighted by atomic mass is 10.3. The van der Waals surface area contributed by atoms with Crippen molar-refractivity contribution in [2.24, 2.45) is 0 Å². The van der Waals surface area contributed by atoms with E-state index < -0.39 is 11.0 Å². The van der Waals surface area contributed by atoms with Gasteiger partial charge in [0.2, 0.25) is 0 Å². The summed E-state index contributed by atoms with van der Waals surface area (Å²) in [6.45, 7) is 0. The molecule has 0 saturated heterocycles. The Labute approximate surface area is 85.1 Å². The number of amides is 2. The molecule has 2 amide bonds. The number of nitrogens with zero attached hydrogens (tertiary/aromatic N) is 1. The van der Waals surface area contributed by atoms with Gasteiger partial charge in [0, 0.05) is 17.8 Å². The lowest BCUT2D eigenvalue weighted by Crippen LogP contribution is -2.27. The van der Waals surface area contributed by atoms with E-state index in [4.69, 9.17) is 0 Å². The zero-order valence-corrected chi connectivity index (χ0v) is 7.89. The fourth-order valence-corrected chi connectivity index (χ4v) is 0.916. The van der Waals surface area contributed by atoms with Crippen molar-refractivity contribution in [3.8, 4) is 0 Å². The van der Waals surface area contributed by atoms with Gasteiger partial charge in [-0.25, -0.2) is 10.3 Å². The first-order valence-electron chi connectivity index (χ1n) is 3.98. The van der Waals surface area contributed by atoms with E-state index in [0.29, 0.717) is 5.69 Å². The highest BCUT2D eigenvalue weighted by molar-refractivity contribution is 5.88. The predicted octanol–water partition coefficient (Wildman–Crippen LogP) is 1.28. The maximum Gasteiger partial charge on any atom is 0.343 e. The number of urea groups is 1. The number of nitrogens with one attached hydrogen (secondary N) is 2. The van der Waals surface area contributed by atoms with Crippen LogP contribution in [0.15, 0.2) is 24.3 Å². The molecule has 0 atom stereocenters. The highest BCUT2D eigenvalue weighted by atomic mass is 16.6. The van der Waals surface area contributed by atoms with Gasteiger partial charge < -0.3 is 5.32 Å². The number of non-ortho nitro benzene ring substituents is 1. The zero-order valence-electron chi connectivity index (χ0n) is 7.89. The summed E-state index contributed by atoms with van der Waals surface area (Å²) in [6.07, 6.45) is 0. The molecule has 2 N–H and O–H groups in total. The Hall–Kier alpha value is -2.15. The van der Waals surface area contributed by atoms with Gasteiger partial charge in [0.25, 0.3) is 5.69 Å². The molecule has 0 bridgehead atoms. The van der Waals surface area contributed by atoms with Gasteiger partial charge in [-0.1, -0.05) is 0 Å². The molecule has 0 heterocycles. The SMILES string of the molecule is CONC(=O)Nc1ccc([N+](=O)[O-])cc1. The van der Waals surface area contributed by atoms with Crippen LogP contribution in [0.1, 0.15) is 0 Å². The maximum absolute atomic E-state index is 11.0. The van der Waals surface area contributed by atoms with Crippen LogP contribution in [-0.2, 0) is 4.84 Å². The smallest absolute Gasteiger partial charge is 0.306 e. The lowest BCUT2D eigenvalue weighted by molar-refractivity contribution is -0.384. The number of hydrogen-bond donors (Lipinski definition) is 2. The van der Waals surface area contributed by atoms with Gasteiger partial charge >= 0.3 is 6.03 Å². The quantitative estimate of drug-likeness (QED) is 0.581. The lowest BCUT2D eigenvalue weighted by Gasteiger charge is -2.04. The molecule has 0 unspecified atom stereocenters. The molecule has 80 valence electrons. The molecule has 15 heavy (non-hydrogen) atoms. The Bertz CT molecular complexity index is 363. The average molecular weight is 211 g/mol. The van der Waals surface area contributed by atoms with Crippen LogP contribution in [0, 0.1) is 10.1 Å². The first kappa shape index (κ1) is 10.9. The van der Waals surface area contributed by atoms with Gasteiger partial charge in [-0.05, 0) is 12.1 Å². The Kier molecular flexibility index (Phi) is 3.58. The van der Waals surface area contributed by atoms with Gasteiger partial charge in [-0.3, -0.25) is 15.0 Å². The van der Waals surface area contributed by atoms with E-state index in [-0.39, 0.29) is 5.69 Å². The molecule has 7 heteroatoms. The molecule has 0 fully saturated rings. The fourth-order valence-electron chi connectivity index (χ4n) is 0.916. The Morgan fingerprint density at radius 2 is 2.00 bits per heavy atom. The van der Waals surface area contributed by atoms with Crippen LogP contribution in [0.5, 0.6) is 0 Å². The number of hydroxylamine groups is 1. The van der Waals surface area contributed by atoms with E-state index in [1.807, 2.05) is 5.48 Å². The second-order valence-corrected chi connectivity index (χ2v) is 2.56. The molecule has 0 aliphatic heterocycles. The van der Waals surface area contributed by atoms with Gasteiger partial charge in [-0.15, -0.1) is 0 Å². The number of nitro groups is 1. The number of carbonyl (C=O) groups excluding carboxylic acids is 1. The van der Waals surface area contributed by atoms with Crippen molar-refractivity contribution in [1.29, 1.82) is 0 Å². The molecule has 0 spiro atoms. The van der Waals surface area contributed by atoms with Crippen LogP contribution in [-0.4, -0.2) is 18.1 Å². The Morgan fingerprint density at radius 1 is 1.40 bits per heavy atom. The van der Waals surface area contributed by atoms with Crippen LogP contribution in [0.25, 0.3) is 0 Å². The topological polar surface area (TPSA) is 93.5 Å². The highest BCUT2D eigenvalue weighted by Crippen LogP contribution is 2.14. The van der Waals surface area contributed by atoms with Crippen molar-refractivity contribution in [3.63, 3.8) is 0 Å². The van der Waals surface area contributed by atoms with Crippen molar-refractivity contribution < 1.29 is 14.6 Å². The number of hydrogen-bond acceptors (Lipinski definition) is 4. The van der Waals surface area contributed by atoms with E-state index in [9.17, 15) is 14.9 Å². The van der Waals surface area contributed by atoms with Crippen LogP contribution >= 0.6 is 0 Å². The summed E-state index contributed by atoms with van der Waals surface area (Å²) in [5.74, 6) is 0. The minimum Gasteiger partial charge on any atom is -0.306 e. The summed E-state index contributed by atoms with van der Waals surface area (Å²) in [4.78, 5) is 25.1. The number of anilines is 1. The Balaban J connectivity index is 2.64. The third kappa shape index (κ3) is 3.24. The third-order valence-electron chi connectivity index (χ3n) is 1.53. The molecule has 1 aromatic rings. The van der Waals surface area contributed by atoms with Crippen LogP contribution < -0.4 is 10.8 Å². The molecular formula is C8H9N3O4. The van der Waals surface area contributed by atoms with E-state index in [0.717, 1.165) is 0 Å². The number of benzene rings is 1. The standard InChI is InChI=1S/C8H9N3O4/c1-15-10-8(12)9-6-2-4-7(5-3-6)11(13)14/h2-5H,1H3,(H2,9,10,12). The Morgan fingerprint density at radius 3 is 2.47 bits per heavy atom. The largest absolute Gasteiger partial charge is 0.343 e. The monoisotopic (exact) mass is 211 g/mol. The van der Waals surface area contributed by atoms with Gasteiger partial charge in [0.15, 0.2) is 0 Å². The molecule has 0 aliphatic carbocycles. The molecule has 0 radical (unpaired) electrons. The van der Waals surface area contributed by atoms with Crippen molar-refractivity contribution in [2.75, 3.05) is 12.4 Å². The van der Waals surface area contributed by atoms with Gasteiger partial charge in [0.1, 0.15) is 0 Å². The molecule has 0 saturated carbocycles. The first-order valence-corrected chi connectivity index (χ1v) is 3.98. The summed E-state index contributed by atoms with van der Waals surface area (Å²) in [7, 11) is 1.30. The van der Waals surface area contributed by atoms with Crippen molar-refractivity contribution in [3.05, 3.63) is 34.4 Å². The van der Waals surface area contributed by atoms with Crippen LogP contribution in [0.4, 0.5) is 16.2 Å². The van der Waals surface area contributed by atoms with Crippen LogP contribution in [0.3, 0.4) is 0 Å². The zero-order chi connectivity index (χ0) is 11.3. The maximum atomic E-state index is 11.0. The summed E-state index contributed by atoms with van der Waals surface area (Å²) < 4.78 is 0. The first-order chi connectivity index (χ1) is 7.13. The normalized spacial score (nSPS) is 9.40. The number of carbonyl (C=O) groups is 1. The predicted molar refractivity (Wildman–Crippen MR) is 52.3 cm³/mol. The molecule has 0 aromatic heterocycles. The average Bonchev–Trinajstić information content (AvgIpc) is 2.18. The minimum absolute atomic E-state index is 0.0345. The van der Waals surface area contributed by atoms with Crippen LogP contribution in [0.2, 0.25) is 0 Å². The molecule has 7 nitrogen and oxygen atoms in total. The summed E-state index contributed by atoms with van der Waals surface area (Å²) in [5.41, 5.74) is 2.45. The number of nitro benzene ring substituents is 1. The highest BCUT2D eigenvalue weighted by Gasteiger charge is 2.05. The van der Waals surface area contributed by atoms with Crippen molar-refractivity contribution in [1.82, 2.24) is 5.48 Å². The van der Waals surface area contributed by atoms with Crippen molar-refractivity contribution >= 4 is 17.4 Å². The van der Waals surface area contributed by atoms with E-state index in [1.54, 1.807) is 0 Å². The minimum atomic E-state index is -0.550. The third-order valence-corrected chi connectivity index (χ3v) is 1.53. The second-order valence-electron chi connectivity index (χ2n) is 2.56. The fraction of sp³-hybridized carbons (Fsp3) is 0.125. The summed E-state index contributed by atoms with van der Waals surface area (Å²) in [6, 6.07) is 4.89. The second kappa shape index (κ2) is 4.91. The molecule has 0 aliphatic rings. The van der Waals surface area contributed by atoms with E-state index in [2.05, 4.69) is 10.2 Å². The van der Waals surface area contributed by atoms with Gasteiger partial charge in [0.05, 0.1) is 12.0 Å². The van der Waals surface area contributed by atoms with Crippen molar-refractivity contribution in [2.45, 2.75) is 0 Å². The van der Waals surface area contributed by atoms with Gasteiger partial charge in [-0.2, -0.15) is 0 Å². The summed E-state index contributed by atoms with van der Waals surface area (Å²) >= 11 is 0.